The number of benzene rings is 2. The SMILES string of the molecule is CCOc1cc(/C=C(/C#N)C(=O)Nc2nc(S(=O)(=O)CC)ns2)ccc1OCCCOc1ccccc1. The van der Waals surface area contributed by atoms with E-state index in [9.17, 15) is 18.5 Å². The molecule has 0 aliphatic heterocycles. The lowest BCUT2D eigenvalue weighted by Gasteiger charge is -2.13. The first kappa shape index (κ1) is 27.6. The molecule has 0 spiro atoms. The molecule has 1 N–H and O–H groups in total. The van der Waals surface area contributed by atoms with Gasteiger partial charge < -0.3 is 14.2 Å². The highest BCUT2D eigenvalue weighted by Crippen LogP contribution is 2.30. The Morgan fingerprint density at radius 3 is 2.54 bits per heavy atom. The second kappa shape index (κ2) is 13.4. The van der Waals surface area contributed by atoms with Crippen LogP contribution in [0.5, 0.6) is 17.2 Å². The summed E-state index contributed by atoms with van der Waals surface area (Å²) >= 11 is 0.721. The maximum absolute atomic E-state index is 12.6. The fraction of sp³-hybridized carbons (Fsp3) is 0.280. The zero-order valence-electron chi connectivity index (χ0n) is 20.3. The third kappa shape index (κ3) is 8.03. The largest absolute Gasteiger partial charge is 0.493 e. The molecule has 37 heavy (non-hydrogen) atoms. The Morgan fingerprint density at radius 2 is 1.84 bits per heavy atom. The van der Waals surface area contributed by atoms with Crippen molar-refractivity contribution in [3.8, 4) is 23.3 Å². The predicted octanol–water partition coefficient (Wildman–Crippen LogP) is 4.12. The highest BCUT2D eigenvalue weighted by Gasteiger charge is 2.20. The minimum absolute atomic E-state index is 0.0202. The molecular formula is C25H26N4O6S2. The van der Waals surface area contributed by atoms with E-state index in [1.54, 1.807) is 18.2 Å². The van der Waals surface area contributed by atoms with Crippen LogP contribution in [0.2, 0.25) is 0 Å². The van der Waals surface area contributed by atoms with E-state index in [1.165, 1.54) is 13.0 Å². The van der Waals surface area contributed by atoms with Gasteiger partial charge in [0.1, 0.15) is 17.4 Å². The van der Waals surface area contributed by atoms with Gasteiger partial charge in [-0.15, -0.1) is 0 Å². The highest BCUT2D eigenvalue weighted by molar-refractivity contribution is 7.91. The highest BCUT2D eigenvalue weighted by atomic mass is 32.2. The van der Waals surface area contributed by atoms with E-state index in [0.29, 0.717) is 43.3 Å². The quantitative estimate of drug-likeness (QED) is 0.192. The van der Waals surface area contributed by atoms with E-state index in [0.717, 1.165) is 17.3 Å². The Labute approximate surface area is 219 Å². The molecule has 0 unspecified atom stereocenters. The minimum atomic E-state index is -3.60. The monoisotopic (exact) mass is 542 g/mol. The summed E-state index contributed by atoms with van der Waals surface area (Å²) in [6.07, 6.45) is 2.05. The van der Waals surface area contributed by atoms with E-state index >= 15 is 0 Å². The fourth-order valence-corrected chi connectivity index (χ4v) is 4.53. The van der Waals surface area contributed by atoms with Crippen molar-refractivity contribution < 1.29 is 27.4 Å². The smallest absolute Gasteiger partial charge is 0.268 e. The summed E-state index contributed by atoms with van der Waals surface area (Å²) in [5, 5.41) is 11.5. The van der Waals surface area contributed by atoms with E-state index in [-0.39, 0.29) is 21.6 Å². The Kier molecular flexibility index (Phi) is 10.00. The zero-order valence-corrected chi connectivity index (χ0v) is 22.0. The van der Waals surface area contributed by atoms with Gasteiger partial charge in [-0.3, -0.25) is 10.1 Å². The molecule has 1 aromatic heterocycles. The third-order valence-corrected chi connectivity index (χ3v) is 7.03. The summed E-state index contributed by atoms with van der Waals surface area (Å²) in [7, 11) is -3.60. The van der Waals surface area contributed by atoms with Crippen LogP contribution in [-0.4, -0.2) is 49.3 Å². The number of anilines is 1. The van der Waals surface area contributed by atoms with Gasteiger partial charge in [0.05, 0.1) is 25.6 Å². The third-order valence-electron chi connectivity index (χ3n) is 4.79. The number of hydrogen-bond donors (Lipinski definition) is 1. The normalized spacial score (nSPS) is 11.4. The van der Waals surface area contributed by atoms with Crippen molar-refractivity contribution in [1.29, 1.82) is 5.26 Å². The lowest BCUT2D eigenvalue weighted by atomic mass is 10.1. The van der Waals surface area contributed by atoms with Crippen LogP contribution in [-0.2, 0) is 14.6 Å². The van der Waals surface area contributed by atoms with Crippen LogP contribution in [0.15, 0.2) is 59.3 Å². The molecule has 3 aromatic rings. The average Bonchev–Trinajstić information content (AvgIpc) is 3.38. The number of hydrogen-bond acceptors (Lipinski definition) is 10. The number of amides is 1. The number of nitrogens with one attached hydrogen (secondary N) is 1. The number of nitrogens with zero attached hydrogens (tertiary/aromatic N) is 3. The summed E-state index contributed by atoms with van der Waals surface area (Å²) in [5.41, 5.74) is 0.339. The Morgan fingerprint density at radius 1 is 1.08 bits per heavy atom. The number of sulfone groups is 1. The Balaban J connectivity index is 1.64. The van der Waals surface area contributed by atoms with Gasteiger partial charge in [0, 0.05) is 18.0 Å². The van der Waals surface area contributed by atoms with Crippen LogP contribution in [0.25, 0.3) is 6.08 Å². The van der Waals surface area contributed by atoms with Crippen LogP contribution in [0.1, 0.15) is 25.8 Å². The zero-order chi connectivity index (χ0) is 26.7. The first-order valence-electron chi connectivity index (χ1n) is 11.4. The van der Waals surface area contributed by atoms with Gasteiger partial charge in [-0.05, 0) is 42.8 Å². The molecule has 0 fully saturated rings. The topological polar surface area (TPSA) is 140 Å². The Hall–Kier alpha value is -3.95. The molecule has 0 saturated heterocycles. The van der Waals surface area contributed by atoms with Crippen LogP contribution in [0.4, 0.5) is 5.13 Å². The lowest BCUT2D eigenvalue weighted by molar-refractivity contribution is -0.112. The molecule has 0 aliphatic rings. The van der Waals surface area contributed by atoms with Gasteiger partial charge in [0.15, 0.2) is 11.5 Å². The molecule has 0 bridgehead atoms. The molecule has 0 radical (unpaired) electrons. The molecule has 0 saturated carbocycles. The van der Waals surface area contributed by atoms with E-state index in [1.807, 2.05) is 43.3 Å². The Bertz CT molecular complexity index is 1380. The first-order chi connectivity index (χ1) is 17.9. The van der Waals surface area contributed by atoms with Crippen molar-refractivity contribution in [2.45, 2.75) is 25.4 Å². The first-order valence-corrected chi connectivity index (χ1v) is 13.9. The van der Waals surface area contributed by atoms with Gasteiger partial charge in [-0.2, -0.15) is 14.6 Å². The summed E-state index contributed by atoms with van der Waals surface area (Å²) < 4.78 is 44.7. The van der Waals surface area contributed by atoms with Crippen molar-refractivity contribution in [3.63, 3.8) is 0 Å². The molecule has 1 amide bonds. The second-order valence-corrected chi connectivity index (χ2v) is 10.3. The van der Waals surface area contributed by atoms with Crippen LogP contribution in [0, 0.1) is 11.3 Å². The number of para-hydroxylation sites is 1. The number of carbonyl (C=O) groups is 1. The van der Waals surface area contributed by atoms with E-state index in [2.05, 4.69) is 14.7 Å². The summed E-state index contributed by atoms with van der Waals surface area (Å²) in [4.78, 5) is 16.4. The molecule has 3 rings (SSSR count). The molecular weight excluding hydrogens is 516 g/mol. The number of carbonyl (C=O) groups excluding carboxylic acids is 1. The molecule has 12 heteroatoms. The molecule has 0 aliphatic carbocycles. The molecule has 0 atom stereocenters. The van der Waals surface area contributed by atoms with Crippen molar-refractivity contribution in [2.24, 2.45) is 0 Å². The van der Waals surface area contributed by atoms with Gasteiger partial charge >= 0.3 is 0 Å². The van der Waals surface area contributed by atoms with Crippen molar-refractivity contribution in [1.82, 2.24) is 9.36 Å². The van der Waals surface area contributed by atoms with Crippen LogP contribution >= 0.6 is 11.5 Å². The number of ether oxygens (including phenoxy) is 3. The van der Waals surface area contributed by atoms with Crippen molar-refractivity contribution >= 4 is 38.5 Å². The van der Waals surface area contributed by atoms with E-state index in [4.69, 9.17) is 14.2 Å². The van der Waals surface area contributed by atoms with Crippen molar-refractivity contribution in [3.05, 3.63) is 59.7 Å². The molecule has 1 heterocycles. The molecule has 194 valence electrons. The number of nitriles is 1. The van der Waals surface area contributed by atoms with Crippen molar-refractivity contribution in [2.75, 3.05) is 30.9 Å². The number of rotatable bonds is 13. The standard InChI is InChI=1S/C25H26N4O6S2/c1-3-33-22-16-18(11-12-21(22)35-14-8-13-34-20-9-6-5-7-10-20)15-19(17-26)23(30)27-24-28-25(29-36-24)37(31,32)4-2/h5-7,9-12,15-16H,3-4,8,13-14H2,1-2H3,(H,27,28,29,30)/b19-15-. The van der Waals surface area contributed by atoms with Gasteiger partial charge in [0.2, 0.25) is 15.0 Å². The van der Waals surface area contributed by atoms with Gasteiger partial charge in [-0.1, -0.05) is 31.2 Å². The van der Waals surface area contributed by atoms with Crippen LogP contribution < -0.4 is 19.5 Å². The molecule has 10 nitrogen and oxygen atoms in total. The van der Waals surface area contributed by atoms with Gasteiger partial charge in [-0.25, -0.2) is 8.42 Å². The summed E-state index contributed by atoms with van der Waals surface area (Å²) in [6, 6.07) is 16.4. The van der Waals surface area contributed by atoms with Crippen LogP contribution in [0.3, 0.4) is 0 Å². The maximum Gasteiger partial charge on any atom is 0.268 e. The predicted molar refractivity (Wildman–Crippen MR) is 140 cm³/mol. The second-order valence-electron chi connectivity index (χ2n) is 7.41. The minimum Gasteiger partial charge on any atom is -0.493 e. The average molecular weight is 543 g/mol. The summed E-state index contributed by atoms with van der Waals surface area (Å²) in [5.74, 6) is 0.889. The van der Waals surface area contributed by atoms with Gasteiger partial charge in [0.25, 0.3) is 11.1 Å². The fourth-order valence-electron chi connectivity index (χ4n) is 2.95. The lowest BCUT2D eigenvalue weighted by Crippen LogP contribution is -2.13. The molecule has 2 aromatic carbocycles. The van der Waals surface area contributed by atoms with E-state index < -0.39 is 15.7 Å². The summed E-state index contributed by atoms with van der Waals surface area (Å²) in [6.45, 7) is 4.61. The number of aromatic nitrogens is 2. The maximum atomic E-state index is 12.6.